The molecule has 0 saturated heterocycles. The fourth-order valence-electron chi connectivity index (χ4n) is 2.59. The molecule has 1 saturated carbocycles. The van der Waals surface area contributed by atoms with Crippen LogP contribution in [-0.4, -0.2) is 18.6 Å². The van der Waals surface area contributed by atoms with E-state index in [-0.39, 0.29) is 4.90 Å². The van der Waals surface area contributed by atoms with Crippen LogP contribution < -0.4 is 4.72 Å². The predicted molar refractivity (Wildman–Crippen MR) is 96.3 cm³/mol. The molecule has 0 aliphatic heterocycles. The van der Waals surface area contributed by atoms with Crippen LogP contribution in [0.15, 0.2) is 39.8 Å². The maximum absolute atomic E-state index is 12.7. The average molecular weight is 375 g/mol. The van der Waals surface area contributed by atoms with Gasteiger partial charge in [-0.3, -0.25) is 4.72 Å². The van der Waals surface area contributed by atoms with E-state index < -0.39 is 10.0 Å². The van der Waals surface area contributed by atoms with Crippen molar-refractivity contribution >= 4 is 27.0 Å². The van der Waals surface area contributed by atoms with Crippen LogP contribution in [0.4, 0.5) is 5.69 Å². The highest BCUT2D eigenvalue weighted by atomic mass is 32.2. The van der Waals surface area contributed by atoms with Crippen molar-refractivity contribution in [3.05, 3.63) is 46.7 Å². The number of anilines is 1. The lowest BCUT2D eigenvalue weighted by Crippen LogP contribution is -2.13. The van der Waals surface area contributed by atoms with Gasteiger partial charge in [-0.25, -0.2) is 8.42 Å². The Bertz CT molecular complexity index is 1030. The zero-order valence-corrected chi connectivity index (χ0v) is 15.4. The summed E-state index contributed by atoms with van der Waals surface area (Å²) in [6.45, 7) is 3.69. The maximum atomic E-state index is 12.7. The standard InChI is InChI=1S/C17H17N3O3S2/c1-10-4-3-5-13(8-10)20-25(21,22)15-9-14(24-11(15)2)16-18-17(23-19-16)12-6-7-12/h3-5,8-9,12,20H,6-7H2,1-2H3. The fourth-order valence-corrected chi connectivity index (χ4v) is 5.16. The third kappa shape index (κ3) is 3.32. The number of sulfonamides is 1. The van der Waals surface area contributed by atoms with Crippen molar-refractivity contribution in [2.24, 2.45) is 0 Å². The van der Waals surface area contributed by atoms with E-state index in [2.05, 4.69) is 14.9 Å². The molecule has 2 heterocycles. The Hall–Kier alpha value is -2.19. The van der Waals surface area contributed by atoms with E-state index in [1.165, 1.54) is 11.3 Å². The molecule has 3 aromatic rings. The zero-order valence-electron chi connectivity index (χ0n) is 13.8. The molecule has 0 unspecified atom stereocenters. The lowest BCUT2D eigenvalue weighted by atomic mass is 10.2. The molecular formula is C17H17N3O3S2. The molecule has 6 nitrogen and oxygen atoms in total. The predicted octanol–water partition coefficient (Wildman–Crippen LogP) is 4.09. The van der Waals surface area contributed by atoms with Gasteiger partial charge in [-0.2, -0.15) is 4.98 Å². The second-order valence-corrected chi connectivity index (χ2v) is 9.14. The number of aryl methyl sites for hydroxylation is 2. The van der Waals surface area contributed by atoms with Crippen LogP contribution in [0.2, 0.25) is 0 Å². The Kier molecular flexibility index (Phi) is 3.88. The number of nitrogens with zero attached hydrogens (tertiary/aromatic N) is 2. The van der Waals surface area contributed by atoms with Crippen LogP contribution in [-0.2, 0) is 10.0 Å². The minimum atomic E-state index is -3.67. The van der Waals surface area contributed by atoms with Gasteiger partial charge in [0.05, 0.1) is 4.88 Å². The Labute approximate surface area is 150 Å². The quantitative estimate of drug-likeness (QED) is 0.726. The topological polar surface area (TPSA) is 85.1 Å². The van der Waals surface area contributed by atoms with Gasteiger partial charge < -0.3 is 4.52 Å². The molecule has 0 amide bonds. The van der Waals surface area contributed by atoms with Crippen LogP contribution in [0.5, 0.6) is 0 Å². The summed E-state index contributed by atoms with van der Waals surface area (Å²) in [7, 11) is -3.67. The van der Waals surface area contributed by atoms with Crippen LogP contribution in [0.25, 0.3) is 10.7 Å². The van der Waals surface area contributed by atoms with E-state index in [0.29, 0.717) is 33.1 Å². The van der Waals surface area contributed by atoms with E-state index in [4.69, 9.17) is 4.52 Å². The summed E-state index contributed by atoms with van der Waals surface area (Å²) in [5.74, 6) is 1.46. The van der Waals surface area contributed by atoms with Crippen molar-refractivity contribution in [1.29, 1.82) is 0 Å². The van der Waals surface area contributed by atoms with Crippen LogP contribution in [0.3, 0.4) is 0 Å². The Morgan fingerprint density at radius 2 is 2.04 bits per heavy atom. The average Bonchev–Trinajstić information content (AvgIpc) is 3.13. The molecule has 1 aromatic carbocycles. The van der Waals surface area contributed by atoms with Gasteiger partial charge in [0.25, 0.3) is 10.0 Å². The van der Waals surface area contributed by atoms with Crippen molar-refractivity contribution in [1.82, 2.24) is 10.1 Å². The molecule has 8 heteroatoms. The Morgan fingerprint density at radius 1 is 1.24 bits per heavy atom. The van der Waals surface area contributed by atoms with Gasteiger partial charge in [-0.15, -0.1) is 11.3 Å². The summed E-state index contributed by atoms with van der Waals surface area (Å²) in [5.41, 5.74) is 1.53. The molecule has 0 spiro atoms. The van der Waals surface area contributed by atoms with Crippen molar-refractivity contribution < 1.29 is 12.9 Å². The lowest BCUT2D eigenvalue weighted by Gasteiger charge is -2.08. The first-order chi connectivity index (χ1) is 11.9. The highest BCUT2D eigenvalue weighted by molar-refractivity contribution is 7.93. The highest BCUT2D eigenvalue weighted by Gasteiger charge is 2.30. The van der Waals surface area contributed by atoms with E-state index in [1.807, 2.05) is 19.1 Å². The lowest BCUT2D eigenvalue weighted by molar-refractivity contribution is 0.380. The summed E-state index contributed by atoms with van der Waals surface area (Å²) in [5, 5.41) is 3.99. The van der Waals surface area contributed by atoms with E-state index in [1.54, 1.807) is 25.1 Å². The van der Waals surface area contributed by atoms with Gasteiger partial charge >= 0.3 is 0 Å². The summed E-state index contributed by atoms with van der Waals surface area (Å²) in [4.78, 5) is 6.01. The first-order valence-corrected chi connectivity index (χ1v) is 10.3. The van der Waals surface area contributed by atoms with Crippen molar-refractivity contribution in [2.75, 3.05) is 4.72 Å². The van der Waals surface area contributed by atoms with Crippen LogP contribution in [0.1, 0.15) is 35.1 Å². The van der Waals surface area contributed by atoms with E-state index >= 15 is 0 Å². The van der Waals surface area contributed by atoms with Crippen LogP contribution >= 0.6 is 11.3 Å². The number of rotatable bonds is 5. The van der Waals surface area contributed by atoms with Gasteiger partial charge in [0, 0.05) is 16.5 Å². The Morgan fingerprint density at radius 3 is 2.76 bits per heavy atom. The summed E-state index contributed by atoms with van der Waals surface area (Å²) in [6, 6.07) is 8.87. The molecule has 1 N–H and O–H groups in total. The number of aromatic nitrogens is 2. The van der Waals surface area contributed by atoms with Gasteiger partial charge in [0.2, 0.25) is 11.7 Å². The number of nitrogens with one attached hydrogen (secondary N) is 1. The zero-order chi connectivity index (χ0) is 17.6. The molecule has 25 heavy (non-hydrogen) atoms. The normalized spacial score (nSPS) is 14.6. The van der Waals surface area contributed by atoms with E-state index in [0.717, 1.165) is 18.4 Å². The first kappa shape index (κ1) is 16.3. The van der Waals surface area contributed by atoms with Crippen molar-refractivity contribution in [3.8, 4) is 10.7 Å². The summed E-state index contributed by atoms with van der Waals surface area (Å²) in [6.07, 6.45) is 2.15. The SMILES string of the molecule is Cc1cccc(NS(=O)(=O)c2cc(-c3noc(C4CC4)n3)sc2C)c1. The molecule has 4 rings (SSSR count). The summed E-state index contributed by atoms with van der Waals surface area (Å²) < 4.78 is 33.4. The molecule has 1 aliphatic rings. The van der Waals surface area contributed by atoms with Gasteiger partial charge in [-0.05, 0) is 50.5 Å². The number of hydrogen-bond acceptors (Lipinski definition) is 6. The van der Waals surface area contributed by atoms with Gasteiger partial charge in [0.1, 0.15) is 4.90 Å². The third-order valence-corrected chi connectivity index (χ3v) is 6.70. The molecule has 2 aromatic heterocycles. The number of thiophene rings is 1. The molecule has 0 radical (unpaired) electrons. The van der Waals surface area contributed by atoms with Gasteiger partial charge in [0.15, 0.2) is 0 Å². The van der Waals surface area contributed by atoms with Crippen molar-refractivity contribution in [2.45, 2.75) is 37.5 Å². The monoisotopic (exact) mass is 375 g/mol. The molecule has 130 valence electrons. The smallest absolute Gasteiger partial charge is 0.263 e. The highest BCUT2D eigenvalue weighted by Crippen LogP contribution is 2.40. The van der Waals surface area contributed by atoms with Crippen LogP contribution in [0, 0.1) is 13.8 Å². The minimum Gasteiger partial charge on any atom is -0.339 e. The number of benzene rings is 1. The molecule has 1 fully saturated rings. The molecule has 0 bridgehead atoms. The largest absolute Gasteiger partial charge is 0.339 e. The third-order valence-electron chi connectivity index (χ3n) is 4.02. The molecule has 0 atom stereocenters. The second kappa shape index (κ2) is 5.96. The number of hydrogen-bond donors (Lipinski definition) is 1. The fraction of sp³-hybridized carbons (Fsp3) is 0.294. The second-order valence-electron chi connectivity index (χ2n) is 6.24. The summed E-state index contributed by atoms with van der Waals surface area (Å²) >= 11 is 1.35. The van der Waals surface area contributed by atoms with E-state index in [9.17, 15) is 8.42 Å². The Balaban J connectivity index is 1.64. The first-order valence-electron chi connectivity index (χ1n) is 7.96. The maximum Gasteiger partial charge on any atom is 0.263 e. The molecule has 1 aliphatic carbocycles. The molecular weight excluding hydrogens is 358 g/mol. The minimum absolute atomic E-state index is 0.242. The van der Waals surface area contributed by atoms with Gasteiger partial charge in [-0.1, -0.05) is 17.3 Å². The van der Waals surface area contributed by atoms with Crippen molar-refractivity contribution in [3.63, 3.8) is 0 Å².